The number of nitriles is 1. The summed E-state index contributed by atoms with van der Waals surface area (Å²) in [4.78, 5) is 12.0. The molecule has 2 aromatic carbocycles. The average molecular weight is 308 g/mol. The molecule has 3 nitrogen and oxygen atoms in total. The maximum absolute atomic E-state index is 13.2. The molecule has 0 saturated heterocycles. The van der Waals surface area contributed by atoms with Crippen LogP contribution >= 0.6 is 0 Å². The van der Waals surface area contributed by atoms with Crippen molar-refractivity contribution in [3.05, 3.63) is 76.6 Å². The molecule has 0 aliphatic rings. The highest BCUT2D eigenvalue weighted by molar-refractivity contribution is 6.01. The van der Waals surface area contributed by atoms with Crippen molar-refractivity contribution in [3.63, 3.8) is 0 Å². The molecule has 0 radical (unpaired) electrons. The van der Waals surface area contributed by atoms with E-state index in [-0.39, 0.29) is 11.4 Å². The second kappa shape index (κ2) is 7.90. The van der Waals surface area contributed by atoms with Crippen LogP contribution in [0.5, 0.6) is 0 Å². The van der Waals surface area contributed by atoms with E-state index >= 15 is 0 Å². The smallest absolute Gasteiger partial charge is 0.261 e. The Kier molecular flexibility index (Phi) is 5.65. The molecular weight excluding hydrogens is 291 g/mol. The number of benzene rings is 2. The van der Waals surface area contributed by atoms with Gasteiger partial charge in [0.2, 0.25) is 0 Å². The van der Waals surface area contributed by atoms with Crippen molar-refractivity contribution in [2.75, 3.05) is 6.54 Å². The third-order valence-corrected chi connectivity index (χ3v) is 3.40. The molecule has 23 heavy (non-hydrogen) atoms. The standard InChI is InChI=1S/C19H17FN2O/c1-14-11-16(7-8-18(14)20)12-17(13-21)19(23)22-10-9-15-5-3-2-4-6-15/h2-8,11-12H,9-10H2,1H3,(H,22,23)/b17-12-. The molecule has 0 spiro atoms. The molecule has 2 aromatic rings. The fourth-order valence-electron chi connectivity index (χ4n) is 2.13. The van der Waals surface area contributed by atoms with Crippen LogP contribution in [0.2, 0.25) is 0 Å². The fraction of sp³-hybridized carbons (Fsp3) is 0.158. The first-order valence-corrected chi connectivity index (χ1v) is 7.30. The van der Waals surface area contributed by atoms with Crippen LogP contribution in [0, 0.1) is 24.1 Å². The van der Waals surface area contributed by atoms with Crippen molar-refractivity contribution in [1.82, 2.24) is 5.32 Å². The molecule has 0 unspecified atom stereocenters. The van der Waals surface area contributed by atoms with Crippen molar-refractivity contribution >= 4 is 12.0 Å². The van der Waals surface area contributed by atoms with Crippen LogP contribution in [-0.2, 0) is 11.2 Å². The predicted octanol–water partition coefficient (Wildman–Crippen LogP) is 3.40. The Labute approximate surface area is 135 Å². The molecule has 0 aromatic heterocycles. The Bertz CT molecular complexity index is 761. The summed E-state index contributed by atoms with van der Waals surface area (Å²) in [5, 5.41) is 11.9. The van der Waals surface area contributed by atoms with Crippen LogP contribution in [0.1, 0.15) is 16.7 Å². The quantitative estimate of drug-likeness (QED) is 0.680. The normalized spacial score (nSPS) is 10.9. The van der Waals surface area contributed by atoms with Crippen LogP contribution in [0.15, 0.2) is 54.1 Å². The lowest BCUT2D eigenvalue weighted by Gasteiger charge is -2.05. The number of amides is 1. The lowest BCUT2D eigenvalue weighted by Crippen LogP contribution is -2.26. The monoisotopic (exact) mass is 308 g/mol. The minimum atomic E-state index is -0.426. The maximum Gasteiger partial charge on any atom is 0.261 e. The largest absolute Gasteiger partial charge is 0.351 e. The van der Waals surface area contributed by atoms with Gasteiger partial charge in [0, 0.05) is 6.54 Å². The molecule has 0 saturated carbocycles. The van der Waals surface area contributed by atoms with E-state index in [0.717, 1.165) is 5.56 Å². The SMILES string of the molecule is Cc1cc(/C=C(/C#N)C(=O)NCCc2ccccc2)ccc1F. The number of nitrogens with zero attached hydrogens (tertiary/aromatic N) is 1. The molecule has 0 aliphatic heterocycles. The van der Waals surface area contributed by atoms with Gasteiger partial charge in [0.25, 0.3) is 5.91 Å². The van der Waals surface area contributed by atoms with Crippen molar-refractivity contribution < 1.29 is 9.18 Å². The van der Waals surface area contributed by atoms with E-state index in [9.17, 15) is 9.18 Å². The highest BCUT2D eigenvalue weighted by Gasteiger charge is 2.09. The van der Waals surface area contributed by atoms with Gasteiger partial charge in [0.15, 0.2) is 0 Å². The van der Waals surface area contributed by atoms with E-state index in [2.05, 4.69) is 5.32 Å². The molecule has 1 amide bonds. The molecule has 0 heterocycles. The van der Waals surface area contributed by atoms with E-state index in [1.165, 1.54) is 18.2 Å². The van der Waals surface area contributed by atoms with Gasteiger partial charge >= 0.3 is 0 Å². The summed E-state index contributed by atoms with van der Waals surface area (Å²) in [5.41, 5.74) is 2.22. The summed E-state index contributed by atoms with van der Waals surface area (Å²) in [7, 11) is 0. The van der Waals surface area contributed by atoms with Gasteiger partial charge in [-0.3, -0.25) is 4.79 Å². The average Bonchev–Trinajstić information content (AvgIpc) is 2.56. The van der Waals surface area contributed by atoms with Gasteiger partial charge in [0.1, 0.15) is 17.5 Å². The topological polar surface area (TPSA) is 52.9 Å². The number of aryl methyl sites for hydroxylation is 1. The zero-order valence-corrected chi connectivity index (χ0v) is 12.8. The van der Waals surface area contributed by atoms with Gasteiger partial charge in [-0.25, -0.2) is 4.39 Å². The lowest BCUT2D eigenvalue weighted by molar-refractivity contribution is -0.117. The molecule has 0 fully saturated rings. The Morgan fingerprint density at radius 2 is 2.00 bits per heavy atom. The summed E-state index contributed by atoms with van der Waals surface area (Å²) in [6.45, 7) is 2.09. The summed E-state index contributed by atoms with van der Waals surface area (Å²) in [5.74, 6) is -0.738. The minimum Gasteiger partial charge on any atom is -0.351 e. The van der Waals surface area contributed by atoms with Gasteiger partial charge in [-0.2, -0.15) is 5.26 Å². The number of rotatable bonds is 5. The van der Waals surface area contributed by atoms with E-state index < -0.39 is 5.91 Å². The fourth-order valence-corrected chi connectivity index (χ4v) is 2.13. The van der Waals surface area contributed by atoms with Crippen LogP contribution < -0.4 is 5.32 Å². The summed E-state index contributed by atoms with van der Waals surface area (Å²) in [6, 6.07) is 16.1. The zero-order chi connectivity index (χ0) is 16.7. The summed E-state index contributed by atoms with van der Waals surface area (Å²) >= 11 is 0. The van der Waals surface area contributed by atoms with E-state index in [0.29, 0.717) is 24.1 Å². The first-order valence-electron chi connectivity index (χ1n) is 7.30. The number of hydrogen-bond donors (Lipinski definition) is 1. The number of hydrogen-bond acceptors (Lipinski definition) is 2. The van der Waals surface area contributed by atoms with Gasteiger partial charge in [0.05, 0.1) is 0 Å². The van der Waals surface area contributed by atoms with E-state index in [1.54, 1.807) is 13.0 Å². The molecule has 0 bridgehead atoms. The van der Waals surface area contributed by atoms with Crippen LogP contribution in [0.25, 0.3) is 6.08 Å². The van der Waals surface area contributed by atoms with Crippen molar-refractivity contribution in [3.8, 4) is 6.07 Å². The number of carbonyl (C=O) groups excluding carboxylic acids is 1. The van der Waals surface area contributed by atoms with Crippen molar-refractivity contribution in [2.45, 2.75) is 13.3 Å². The van der Waals surface area contributed by atoms with Gasteiger partial charge < -0.3 is 5.32 Å². The van der Waals surface area contributed by atoms with Gasteiger partial charge in [-0.15, -0.1) is 0 Å². The number of carbonyl (C=O) groups is 1. The maximum atomic E-state index is 13.2. The zero-order valence-electron chi connectivity index (χ0n) is 12.8. The second-order valence-corrected chi connectivity index (χ2v) is 5.17. The molecule has 0 atom stereocenters. The molecule has 116 valence electrons. The highest BCUT2D eigenvalue weighted by Crippen LogP contribution is 2.12. The molecule has 0 aliphatic carbocycles. The third kappa shape index (κ3) is 4.79. The summed E-state index contributed by atoms with van der Waals surface area (Å²) in [6.07, 6.45) is 2.16. The highest BCUT2D eigenvalue weighted by atomic mass is 19.1. The molecule has 1 N–H and O–H groups in total. The first kappa shape index (κ1) is 16.4. The van der Waals surface area contributed by atoms with Crippen molar-refractivity contribution in [1.29, 1.82) is 5.26 Å². The van der Waals surface area contributed by atoms with E-state index in [4.69, 9.17) is 5.26 Å². The van der Waals surface area contributed by atoms with Crippen molar-refractivity contribution in [2.24, 2.45) is 0 Å². The second-order valence-electron chi connectivity index (χ2n) is 5.17. The minimum absolute atomic E-state index is 0.00377. The van der Waals surface area contributed by atoms with Gasteiger partial charge in [-0.1, -0.05) is 36.4 Å². The van der Waals surface area contributed by atoms with Crippen LogP contribution in [0.4, 0.5) is 4.39 Å². The number of nitrogens with one attached hydrogen (secondary N) is 1. The number of halogens is 1. The third-order valence-electron chi connectivity index (χ3n) is 3.40. The molecule has 4 heteroatoms. The molecule has 2 rings (SSSR count). The predicted molar refractivity (Wildman–Crippen MR) is 87.9 cm³/mol. The Morgan fingerprint density at radius 3 is 2.65 bits per heavy atom. The van der Waals surface area contributed by atoms with E-state index in [1.807, 2.05) is 36.4 Å². The first-order chi connectivity index (χ1) is 11.1. The lowest BCUT2D eigenvalue weighted by atomic mass is 10.1. The summed E-state index contributed by atoms with van der Waals surface area (Å²) < 4.78 is 13.2. The Hall–Kier alpha value is -2.93. The van der Waals surface area contributed by atoms with Crippen LogP contribution in [0.3, 0.4) is 0 Å². The van der Waals surface area contributed by atoms with Gasteiger partial charge in [-0.05, 0) is 48.2 Å². The van der Waals surface area contributed by atoms with Crippen LogP contribution in [-0.4, -0.2) is 12.5 Å². The Balaban J connectivity index is 1.99. The molecular formula is C19H17FN2O. The Morgan fingerprint density at radius 1 is 1.26 bits per heavy atom.